The molecule has 4 nitrogen and oxygen atoms in total. The molecule has 0 radical (unpaired) electrons. The van der Waals surface area contributed by atoms with Gasteiger partial charge in [0.2, 0.25) is 0 Å². The van der Waals surface area contributed by atoms with Gasteiger partial charge >= 0.3 is 5.97 Å². The third-order valence-corrected chi connectivity index (χ3v) is 2.91. The Morgan fingerprint density at radius 2 is 2.28 bits per heavy atom. The van der Waals surface area contributed by atoms with Crippen molar-refractivity contribution in [2.45, 2.75) is 13.5 Å². The number of carbonyl (C=O) groups is 1. The predicted molar refractivity (Wildman–Crippen MR) is 65.0 cm³/mol. The second kappa shape index (κ2) is 4.78. The van der Waals surface area contributed by atoms with E-state index in [9.17, 15) is 9.18 Å². The first kappa shape index (κ1) is 12.6. The highest BCUT2D eigenvalue weighted by molar-refractivity contribution is 6.31. The Kier molecular flexibility index (Phi) is 3.34. The molecule has 1 N–H and O–H groups in total. The molecule has 0 aliphatic rings. The summed E-state index contributed by atoms with van der Waals surface area (Å²) < 4.78 is 14.4. The topological polar surface area (TPSA) is 55.1 Å². The fourth-order valence-electron chi connectivity index (χ4n) is 1.68. The fraction of sp³-hybridized carbons (Fsp3) is 0.167. The lowest BCUT2D eigenvalue weighted by Crippen LogP contribution is -2.11. The first-order valence-electron chi connectivity index (χ1n) is 5.18. The molecule has 94 valence electrons. The molecule has 1 heterocycles. The maximum atomic E-state index is 13.1. The van der Waals surface area contributed by atoms with Gasteiger partial charge in [-0.1, -0.05) is 17.7 Å². The van der Waals surface area contributed by atoms with Gasteiger partial charge in [0.05, 0.1) is 11.2 Å². The molecule has 0 atom stereocenters. The predicted octanol–water partition coefficient (Wildman–Crippen LogP) is 2.74. The molecule has 0 aliphatic carbocycles. The lowest BCUT2D eigenvalue weighted by Gasteiger charge is -2.04. The smallest absolute Gasteiger partial charge is 0.325 e. The number of aromatic nitrogens is 2. The summed E-state index contributed by atoms with van der Waals surface area (Å²) in [7, 11) is 0. The molecule has 0 aliphatic heterocycles. The maximum Gasteiger partial charge on any atom is 0.325 e. The van der Waals surface area contributed by atoms with Crippen LogP contribution in [0.15, 0.2) is 24.4 Å². The third-order valence-electron chi connectivity index (χ3n) is 2.62. The molecule has 0 bridgehead atoms. The number of benzene rings is 1. The van der Waals surface area contributed by atoms with E-state index in [1.165, 1.54) is 16.8 Å². The Morgan fingerprint density at radius 1 is 1.56 bits per heavy atom. The number of aliphatic carboxylic acids is 1. The Balaban J connectivity index is 2.42. The van der Waals surface area contributed by atoms with Crippen LogP contribution in [0.2, 0.25) is 5.02 Å². The minimum atomic E-state index is -0.968. The normalized spacial score (nSPS) is 10.6. The van der Waals surface area contributed by atoms with Gasteiger partial charge in [-0.2, -0.15) is 5.10 Å². The second-order valence-electron chi connectivity index (χ2n) is 3.82. The zero-order chi connectivity index (χ0) is 13.3. The molecule has 0 fully saturated rings. The van der Waals surface area contributed by atoms with Crippen molar-refractivity contribution >= 4 is 17.6 Å². The zero-order valence-electron chi connectivity index (χ0n) is 9.52. The quantitative estimate of drug-likeness (QED) is 0.931. The van der Waals surface area contributed by atoms with Gasteiger partial charge in [-0.3, -0.25) is 9.48 Å². The lowest BCUT2D eigenvalue weighted by atomic mass is 10.1. The monoisotopic (exact) mass is 268 g/mol. The van der Waals surface area contributed by atoms with Crippen LogP contribution in [0.5, 0.6) is 0 Å². The van der Waals surface area contributed by atoms with Crippen molar-refractivity contribution in [3.05, 3.63) is 40.9 Å². The van der Waals surface area contributed by atoms with Gasteiger partial charge in [0.25, 0.3) is 0 Å². The van der Waals surface area contributed by atoms with Crippen molar-refractivity contribution in [1.29, 1.82) is 0 Å². The van der Waals surface area contributed by atoms with Crippen LogP contribution in [-0.2, 0) is 11.3 Å². The van der Waals surface area contributed by atoms with Crippen LogP contribution in [0.25, 0.3) is 11.1 Å². The number of halogens is 2. The van der Waals surface area contributed by atoms with Crippen molar-refractivity contribution in [3.8, 4) is 11.1 Å². The van der Waals surface area contributed by atoms with E-state index in [0.29, 0.717) is 11.3 Å². The molecule has 2 rings (SSSR count). The van der Waals surface area contributed by atoms with Gasteiger partial charge in [-0.15, -0.1) is 0 Å². The molecular weight excluding hydrogens is 259 g/mol. The number of carboxylic acids is 1. The number of rotatable bonds is 3. The molecule has 0 amide bonds. The summed E-state index contributed by atoms with van der Waals surface area (Å²) >= 11 is 5.71. The van der Waals surface area contributed by atoms with Crippen molar-refractivity contribution in [3.63, 3.8) is 0 Å². The van der Waals surface area contributed by atoms with E-state index in [4.69, 9.17) is 16.7 Å². The van der Waals surface area contributed by atoms with Crippen molar-refractivity contribution in [2.24, 2.45) is 0 Å². The highest BCUT2D eigenvalue weighted by Crippen LogP contribution is 2.27. The molecule has 0 unspecified atom stereocenters. The molecule has 1 aromatic carbocycles. The second-order valence-corrected chi connectivity index (χ2v) is 4.23. The molecule has 18 heavy (non-hydrogen) atoms. The zero-order valence-corrected chi connectivity index (χ0v) is 10.3. The standard InChI is InChI=1S/C12H10ClFN2O2/c1-7-9(5-15-16(7)6-12(17)18)8-2-3-11(14)10(13)4-8/h2-5H,6H2,1H3,(H,17,18). The summed E-state index contributed by atoms with van der Waals surface area (Å²) in [5.74, 6) is -1.46. The minimum Gasteiger partial charge on any atom is -0.480 e. The van der Waals surface area contributed by atoms with Crippen LogP contribution < -0.4 is 0 Å². The largest absolute Gasteiger partial charge is 0.480 e. The van der Waals surface area contributed by atoms with Crippen LogP contribution >= 0.6 is 11.6 Å². The highest BCUT2D eigenvalue weighted by atomic mass is 35.5. The van der Waals surface area contributed by atoms with Gasteiger partial charge in [0.15, 0.2) is 0 Å². The van der Waals surface area contributed by atoms with Gasteiger partial charge in [0, 0.05) is 11.3 Å². The Labute approximate surface area is 108 Å². The Morgan fingerprint density at radius 3 is 2.89 bits per heavy atom. The average Bonchev–Trinajstić information content (AvgIpc) is 2.64. The third kappa shape index (κ3) is 2.36. The summed E-state index contributed by atoms with van der Waals surface area (Å²) in [5, 5.41) is 12.7. The number of hydrogen-bond donors (Lipinski definition) is 1. The van der Waals surface area contributed by atoms with E-state index < -0.39 is 11.8 Å². The van der Waals surface area contributed by atoms with E-state index in [2.05, 4.69) is 5.10 Å². The minimum absolute atomic E-state index is 0.0258. The first-order chi connectivity index (χ1) is 8.49. The van der Waals surface area contributed by atoms with E-state index in [1.54, 1.807) is 19.2 Å². The summed E-state index contributed by atoms with van der Waals surface area (Å²) in [6.45, 7) is 1.54. The molecule has 0 saturated heterocycles. The van der Waals surface area contributed by atoms with Gasteiger partial charge in [-0.05, 0) is 24.6 Å². The van der Waals surface area contributed by atoms with E-state index in [-0.39, 0.29) is 11.6 Å². The van der Waals surface area contributed by atoms with Gasteiger partial charge in [-0.25, -0.2) is 4.39 Å². The van der Waals surface area contributed by atoms with E-state index >= 15 is 0 Å². The molecular formula is C12H10ClFN2O2. The SMILES string of the molecule is Cc1c(-c2ccc(F)c(Cl)c2)cnn1CC(=O)O. The molecule has 1 aromatic heterocycles. The van der Waals surface area contributed by atoms with Crippen molar-refractivity contribution in [2.75, 3.05) is 0 Å². The maximum absolute atomic E-state index is 13.1. The van der Waals surface area contributed by atoms with Crippen LogP contribution in [0.4, 0.5) is 4.39 Å². The molecule has 2 aromatic rings. The van der Waals surface area contributed by atoms with Crippen molar-refractivity contribution in [1.82, 2.24) is 9.78 Å². The summed E-state index contributed by atoms with van der Waals surface area (Å²) in [6, 6.07) is 4.34. The van der Waals surface area contributed by atoms with Crippen LogP contribution in [0, 0.1) is 12.7 Å². The summed E-state index contributed by atoms with van der Waals surface area (Å²) in [5.41, 5.74) is 2.13. The number of hydrogen-bond acceptors (Lipinski definition) is 2. The average molecular weight is 269 g/mol. The molecule has 0 saturated carbocycles. The highest BCUT2D eigenvalue weighted by Gasteiger charge is 2.12. The Bertz CT molecular complexity index is 610. The van der Waals surface area contributed by atoms with Crippen LogP contribution in [-0.4, -0.2) is 20.9 Å². The lowest BCUT2D eigenvalue weighted by molar-refractivity contribution is -0.137. The fourth-order valence-corrected chi connectivity index (χ4v) is 1.86. The molecule has 6 heteroatoms. The number of carboxylic acid groups (broad SMARTS) is 1. The van der Waals surface area contributed by atoms with Gasteiger partial charge < -0.3 is 5.11 Å². The van der Waals surface area contributed by atoms with E-state index in [0.717, 1.165) is 5.56 Å². The first-order valence-corrected chi connectivity index (χ1v) is 5.56. The molecule has 0 spiro atoms. The number of nitrogens with zero attached hydrogens (tertiary/aromatic N) is 2. The van der Waals surface area contributed by atoms with Crippen LogP contribution in [0.3, 0.4) is 0 Å². The van der Waals surface area contributed by atoms with Crippen molar-refractivity contribution < 1.29 is 14.3 Å². The Hall–Kier alpha value is -1.88. The summed E-state index contributed by atoms with van der Waals surface area (Å²) in [4.78, 5) is 10.6. The van der Waals surface area contributed by atoms with E-state index in [1.807, 2.05) is 0 Å². The summed E-state index contributed by atoms with van der Waals surface area (Å²) in [6.07, 6.45) is 1.54. The van der Waals surface area contributed by atoms with Gasteiger partial charge in [0.1, 0.15) is 12.4 Å². The van der Waals surface area contributed by atoms with Crippen LogP contribution in [0.1, 0.15) is 5.69 Å².